The molecular weight excluding hydrogens is 401 g/mol. The Kier molecular flexibility index (Phi) is 5.03. The largest absolute Gasteiger partial charge is 0.416 e. The first-order chi connectivity index (χ1) is 14.9. The van der Waals surface area contributed by atoms with Crippen LogP contribution in [0, 0.1) is 5.92 Å². The highest BCUT2D eigenvalue weighted by Crippen LogP contribution is 2.41. The number of nitrogens with zero attached hydrogens (tertiary/aromatic N) is 1. The third kappa shape index (κ3) is 4.21. The van der Waals surface area contributed by atoms with E-state index >= 15 is 0 Å². The first-order valence-electron chi connectivity index (χ1n) is 11.0. The summed E-state index contributed by atoms with van der Waals surface area (Å²) in [5.41, 5.74) is 2.10. The average Bonchev–Trinajstić information content (AvgIpc) is 3.47. The Morgan fingerprint density at radius 1 is 1.00 bits per heavy atom. The molecule has 5 rings (SSSR count). The zero-order valence-electron chi connectivity index (χ0n) is 17.2. The maximum Gasteiger partial charge on any atom is 0.416 e. The lowest BCUT2D eigenvalue weighted by Gasteiger charge is -2.33. The molecule has 1 N–H and O–H groups in total. The van der Waals surface area contributed by atoms with Gasteiger partial charge in [0.25, 0.3) is 5.91 Å². The summed E-state index contributed by atoms with van der Waals surface area (Å²) in [4.78, 5) is 17.8. The number of alkyl halides is 3. The van der Waals surface area contributed by atoms with Crippen molar-refractivity contribution in [3.63, 3.8) is 0 Å². The molecule has 0 radical (unpaired) electrons. The maximum atomic E-state index is 13.8. The predicted octanol–water partition coefficient (Wildman–Crippen LogP) is 6.16. The summed E-state index contributed by atoms with van der Waals surface area (Å²) in [5, 5.41) is 0.974. The summed E-state index contributed by atoms with van der Waals surface area (Å²) in [5.74, 6) is 0.273. The molecule has 1 aliphatic heterocycles. The number of nitrogens with one attached hydrogen (secondary N) is 1. The summed E-state index contributed by atoms with van der Waals surface area (Å²) in [6.45, 7) is 0.917. The third-order valence-corrected chi connectivity index (χ3v) is 6.63. The van der Waals surface area contributed by atoms with Crippen LogP contribution in [0.15, 0.2) is 48.5 Å². The molecule has 1 aromatic heterocycles. The van der Waals surface area contributed by atoms with Gasteiger partial charge in [-0.25, -0.2) is 0 Å². The predicted molar refractivity (Wildman–Crippen MR) is 114 cm³/mol. The average molecular weight is 426 g/mol. The van der Waals surface area contributed by atoms with E-state index in [1.165, 1.54) is 6.07 Å². The molecule has 2 aromatic carbocycles. The minimum Gasteiger partial charge on any atom is -0.351 e. The van der Waals surface area contributed by atoms with E-state index in [-0.39, 0.29) is 11.8 Å². The van der Waals surface area contributed by atoms with Crippen molar-refractivity contribution in [2.75, 3.05) is 13.1 Å². The fraction of sp³-hybridized carbons (Fsp3) is 0.400. The molecule has 1 amide bonds. The minimum atomic E-state index is -4.35. The van der Waals surface area contributed by atoms with Gasteiger partial charge in [-0.3, -0.25) is 4.79 Å². The topological polar surface area (TPSA) is 36.1 Å². The van der Waals surface area contributed by atoms with Gasteiger partial charge in [0.15, 0.2) is 0 Å². The number of piperidine rings is 1. The van der Waals surface area contributed by atoms with E-state index in [0.29, 0.717) is 43.1 Å². The number of benzene rings is 2. The molecule has 2 fully saturated rings. The van der Waals surface area contributed by atoms with Crippen LogP contribution >= 0.6 is 0 Å². The van der Waals surface area contributed by atoms with Crippen molar-refractivity contribution in [3.8, 4) is 0 Å². The van der Waals surface area contributed by atoms with Crippen LogP contribution in [0.5, 0.6) is 0 Å². The number of hydrogen-bond acceptors (Lipinski definition) is 1. The summed E-state index contributed by atoms with van der Waals surface area (Å²) >= 11 is 0. The minimum absolute atomic E-state index is 0.0922. The van der Waals surface area contributed by atoms with Crippen LogP contribution in [0.2, 0.25) is 0 Å². The lowest BCUT2D eigenvalue weighted by atomic mass is 9.85. The number of hydrogen-bond donors (Lipinski definition) is 1. The number of aromatic nitrogens is 1. The molecule has 3 nitrogen and oxygen atoms in total. The van der Waals surface area contributed by atoms with Crippen LogP contribution in [0.4, 0.5) is 13.2 Å². The molecule has 6 heteroatoms. The molecule has 31 heavy (non-hydrogen) atoms. The van der Waals surface area contributed by atoms with Crippen LogP contribution in [-0.2, 0) is 12.6 Å². The monoisotopic (exact) mass is 426 g/mol. The lowest BCUT2D eigenvalue weighted by molar-refractivity contribution is -0.138. The Labute approximate surface area is 179 Å². The first kappa shape index (κ1) is 20.2. The van der Waals surface area contributed by atoms with Crippen molar-refractivity contribution < 1.29 is 18.0 Å². The van der Waals surface area contributed by atoms with Crippen molar-refractivity contribution in [1.82, 2.24) is 9.88 Å². The van der Waals surface area contributed by atoms with E-state index in [1.807, 2.05) is 36.4 Å². The third-order valence-electron chi connectivity index (χ3n) is 6.63. The molecule has 0 atom stereocenters. The van der Waals surface area contributed by atoms with E-state index in [4.69, 9.17) is 0 Å². The van der Waals surface area contributed by atoms with Gasteiger partial charge in [0.2, 0.25) is 0 Å². The number of fused-ring (bicyclic) bond motifs is 1. The van der Waals surface area contributed by atoms with E-state index in [0.717, 1.165) is 35.7 Å². The van der Waals surface area contributed by atoms with Gasteiger partial charge in [-0.2, -0.15) is 13.2 Å². The number of rotatable bonds is 4. The number of amides is 1. The van der Waals surface area contributed by atoms with Gasteiger partial charge in [-0.05, 0) is 73.3 Å². The highest BCUT2D eigenvalue weighted by molar-refractivity contribution is 5.98. The van der Waals surface area contributed by atoms with E-state index in [2.05, 4.69) is 4.98 Å². The second-order valence-electron chi connectivity index (χ2n) is 8.90. The molecule has 0 unspecified atom stereocenters. The summed E-state index contributed by atoms with van der Waals surface area (Å²) < 4.78 is 41.4. The van der Waals surface area contributed by atoms with Crippen LogP contribution in [-0.4, -0.2) is 28.9 Å². The number of para-hydroxylation sites is 1. The molecule has 2 heterocycles. The van der Waals surface area contributed by atoms with Crippen molar-refractivity contribution in [1.29, 1.82) is 0 Å². The SMILES string of the molecule is O=C(c1cc2ccccc2[nH]1)N1CCC(c2ccc(CC3CC3)cc2C(F)(F)F)CC1. The smallest absolute Gasteiger partial charge is 0.351 e. The zero-order chi connectivity index (χ0) is 21.6. The Hall–Kier alpha value is -2.76. The van der Waals surface area contributed by atoms with Crippen molar-refractivity contribution in [3.05, 3.63) is 70.9 Å². The number of likely N-dealkylation sites (tertiary alicyclic amines) is 1. The summed E-state index contributed by atoms with van der Waals surface area (Å²) in [7, 11) is 0. The summed E-state index contributed by atoms with van der Waals surface area (Å²) in [6, 6.07) is 14.4. The molecule has 162 valence electrons. The van der Waals surface area contributed by atoms with Crippen molar-refractivity contribution in [2.45, 2.75) is 44.2 Å². The summed E-state index contributed by atoms with van der Waals surface area (Å²) in [6.07, 6.45) is -0.307. The van der Waals surface area contributed by atoms with E-state index < -0.39 is 11.7 Å². The first-order valence-corrected chi connectivity index (χ1v) is 11.0. The fourth-order valence-corrected chi connectivity index (χ4v) is 4.74. The number of carbonyl (C=O) groups excluding carboxylic acids is 1. The number of aromatic amines is 1. The van der Waals surface area contributed by atoms with Crippen LogP contribution in [0.1, 0.15) is 58.8 Å². The van der Waals surface area contributed by atoms with Crippen molar-refractivity contribution >= 4 is 16.8 Å². The molecule has 2 aliphatic rings. The van der Waals surface area contributed by atoms with Crippen molar-refractivity contribution in [2.24, 2.45) is 5.92 Å². The highest BCUT2D eigenvalue weighted by Gasteiger charge is 2.37. The molecule has 3 aromatic rings. The maximum absolute atomic E-state index is 13.8. The Morgan fingerprint density at radius 3 is 2.42 bits per heavy atom. The van der Waals surface area contributed by atoms with E-state index in [1.54, 1.807) is 11.0 Å². The van der Waals surface area contributed by atoms with Gasteiger partial charge < -0.3 is 9.88 Å². The van der Waals surface area contributed by atoms with E-state index in [9.17, 15) is 18.0 Å². The zero-order valence-corrected chi connectivity index (χ0v) is 17.2. The Balaban J connectivity index is 1.31. The number of carbonyl (C=O) groups is 1. The molecular formula is C25H25F3N2O. The van der Waals surface area contributed by atoms with Crippen LogP contribution in [0.25, 0.3) is 10.9 Å². The second kappa shape index (κ2) is 7.74. The highest BCUT2D eigenvalue weighted by atomic mass is 19.4. The standard InChI is InChI=1S/C25H25F3N2O/c26-25(27,28)21-14-17(13-16-5-6-16)7-8-20(21)18-9-11-30(12-10-18)24(31)23-15-19-3-1-2-4-22(19)29-23/h1-4,7-8,14-16,18,29H,5-6,9-13H2. The van der Waals surface area contributed by atoms with Gasteiger partial charge in [-0.1, -0.05) is 30.3 Å². The van der Waals surface area contributed by atoms with Gasteiger partial charge in [0.05, 0.1) is 5.56 Å². The quantitative estimate of drug-likeness (QED) is 0.533. The molecule has 0 spiro atoms. The Morgan fingerprint density at radius 2 is 1.74 bits per heavy atom. The molecule has 1 saturated carbocycles. The molecule has 1 saturated heterocycles. The van der Waals surface area contributed by atoms with Gasteiger partial charge >= 0.3 is 6.18 Å². The molecule has 1 aliphatic carbocycles. The van der Waals surface area contributed by atoms with Crippen LogP contribution < -0.4 is 0 Å². The van der Waals surface area contributed by atoms with Gasteiger partial charge in [0.1, 0.15) is 5.69 Å². The fourth-order valence-electron chi connectivity index (χ4n) is 4.74. The molecule has 0 bridgehead atoms. The lowest BCUT2D eigenvalue weighted by Crippen LogP contribution is -2.38. The van der Waals surface area contributed by atoms with Gasteiger partial charge in [-0.15, -0.1) is 0 Å². The number of halogens is 3. The van der Waals surface area contributed by atoms with Crippen LogP contribution in [0.3, 0.4) is 0 Å². The van der Waals surface area contributed by atoms with Gasteiger partial charge in [0, 0.05) is 24.0 Å². The number of H-pyrrole nitrogens is 1. The Bertz CT molecular complexity index is 1070. The normalized spacial score (nSPS) is 18.0. The second-order valence-corrected chi connectivity index (χ2v) is 8.90.